The molecule has 1 saturated carbocycles. The Morgan fingerprint density at radius 3 is 2.44 bits per heavy atom. The molecular weight excluding hydrogens is 312 g/mol. The van der Waals surface area contributed by atoms with Gasteiger partial charge in [0.15, 0.2) is 0 Å². The highest BCUT2D eigenvalue weighted by atomic mass is 16.5. The number of nitriles is 1. The number of carbonyl (C=O) groups is 1. The van der Waals surface area contributed by atoms with Crippen LogP contribution in [0.5, 0.6) is 5.75 Å². The first-order chi connectivity index (χ1) is 12.2. The smallest absolute Gasteiger partial charge is 0.138 e. The van der Waals surface area contributed by atoms with E-state index in [-0.39, 0.29) is 12.0 Å². The minimum absolute atomic E-state index is 0.0382. The topological polar surface area (TPSA) is 62.1 Å². The summed E-state index contributed by atoms with van der Waals surface area (Å²) in [7, 11) is 1.64. The van der Waals surface area contributed by atoms with Crippen LogP contribution in [-0.2, 0) is 4.79 Å². The van der Waals surface area contributed by atoms with Crippen LogP contribution in [0.2, 0.25) is 0 Å². The molecule has 0 spiro atoms. The zero-order valence-electron chi connectivity index (χ0n) is 14.4. The second-order valence-corrected chi connectivity index (χ2v) is 6.40. The summed E-state index contributed by atoms with van der Waals surface area (Å²) < 4.78 is 5.21. The highest BCUT2D eigenvalue weighted by molar-refractivity contribution is 5.83. The van der Waals surface area contributed by atoms with Crippen LogP contribution in [-0.4, -0.2) is 12.9 Å². The van der Waals surface area contributed by atoms with Crippen molar-refractivity contribution in [2.75, 3.05) is 12.4 Å². The molecule has 3 rings (SSSR count). The number of nitrogens with one attached hydrogen (secondary N) is 1. The fourth-order valence-corrected chi connectivity index (χ4v) is 3.41. The van der Waals surface area contributed by atoms with E-state index in [2.05, 4.69) is 11.4 Å². The van der Waals surface area contributed by atoms with E-state index >= 15 is 0 Å². The number of Topliss-reactive ketones (excluding diaryl/α,β-unsaturated/α-hetero) is 1. The number of hydrogen-bond donors (Lipinski definition) is 1. The summed E-state index contributed by atoms with van der Waals surface area (Å²) in [6.45, 7) is 0. The Morgan fingerprint density at radius 1 is 1.12 bits per heavy atom. The summed E-state index contributed by atoms with van der Waals surface area (Å²) in [5.74, 6) is 1.08. The van der Waals surface area contributed by atoms with Gasteiger partial charge in [-0.1, -0.05) is 18.6 Å². The third kappa shape index (κ3) is 4.00. The van der Waals surface area contributed by atoms with E-state index in [1.54, 1.807) is 7.11 Å². The van der Waals surface area contributed by atoms with Crippen LogP contribution in [0, 0.1) is 17.2 Å². The molecule has 0 amide bonds. The highest BCUT2D eigenvalue weighted by Gasteiger charge is 2.31. The van der Waals surface area contributed by atoms with E-state index < -0.39 is 0 Å². The molecule has 2 aromatic rings. The lowest BCUT2D eigenvalue weighted by atomic mass is 9.80. The summed E-state index contributed by atoms with van der Waals surface area (Å²) in [6, 6.07) is 17.3. The fraction of sp³-hybridized carbons (Fsp3) is 0.333. The lowest BCUT2D eigenvalue weighted by Gasteiger charge is -2.31. The average molecular weight is 334 g/mol. The zero-order chi connectivity index (χ0) is 17.6. The van der Waals surface area contributed by atoms with Crippen LogP contribution in [0.15, 0.2) is 48.5 Å². The van der Waals surface area contributed by atoms with Crippen LogP contribution in [0.1, 0.15) is 42.9 Å². The van der Waals surface area contributed by atoms with Gasteiger partial charge in [-0.15, -0.1) is 0 Å². The molecule has 0 aromatic heterocycles. The molecule has 0 heterocycles. The number of benzene rings is 2. The Labute approximate surface area is 148 Å². The Hall–Kier alpha value is -2.80. The molecule has 0 saturated heterocycles. The molecular formula is C21H22N2O2. The molecule has 1 unspecified atom stereocenters. The third-order valence-corrected chi connectivity index (χ3v) is 4.82. The molecule has 1 N–H and O–H groups in total. The molecule has 128 valence electrons. The van der Waals surface area contributed by atoms with Crippen molar-refractivity contribution in [1.29, 1.82) is 5.26 Å². The second-order valence-electron chi connectivity index (χ2n) is 6.40. The van der Waals surface area contributed by atoms with Crippen molar-refractivity contribution in [1.82, 2.24) is 0 Å². The van der Waals surface area contributed by atoms with Gasteiger partial charge in [-0.3, -0.25) is 4.79 Å². The quantitative estimate of drug-likeness (QED) is 0.876. The predicted molar refractivity (Wildman–Crippen MR) is 97.5 cm³/mol. The Kier molecular flexibility index (Phi) is 5.35. The van der Waals surface area contributed by atoms with Crippen molar-refractivity contribution in [2.45, 2.75) is 31.7 Å². The summed E-state index contributed by atoms with van der Waals surface area (Å²) in [5.41, 5.74) is 2.62. The molecule has 0 aliphatic heterocycles. The van der Waals surface area contributed by atoms with Crippen molar-refractivity contribution in [3.63, 3.8) is 0 Å². The summed E-state index contributed by atoms with van der Waals surface area (Å²) in [6.07, 6.45) is 3.61. The molecule has 4 heteroatoms. The van der Waals surface area contributed by atoms with Gasteiger partial charge in [0.2, 0.25) is 0 Å². The number of carbonyl (C=O) groups excluding carboxylic acids is 1. The largest absolute Gasteiger partial charge is 0.497 e. The van der Waals surface area contributed by atoms with Crippen LogP contribution in [0.3, 0.4) is 0 Å². The zero-order valence-corrected chi connectivity index (χ0v) is 14.4. The maximum atomic E-state index is 12.5. The molecule has 2 atom stereocenters. The number of hydrogen-bond acceptors (Lipinski definition) is 4. The van der Waals surface area contributed by atoms with Gasteiger partial charge in [-0.25, -0.2) is 0 Å². The second kappa shape index (κ2) is 7.85. The first-order valence-electron chi connectivity index (χ1n) is 8.64. The number of ether oxygens (including phenoxy) is 1. The van der Waals surface area contributed by atoms with Crippen molar-refractivity contribution >= 4 is 11.5 Å². The van der Waals surface area contributed by atoms with Gasteiger partial charge in [0.25, 0.3) is 0 Å². The Balaban J connectivity index is 1.89. The third-order valence-electron chi connectivity index (χ3n) is 4.82. The molecule has 1 fully saturated rings. The summed E-state index contributed by atoms with van der Waals surface area (Å²) >= 11 is 0. The molecule has 4 nitrogen and oxygen atoms in total. The molecule has 0 radical (unpaired) electrons. The highest BCUT2D eigenvalue weighted by Crippen LogP contribution is 2.35. The number of methoxy groups -OCH3 is 1. The van der Waals surface area contributed by atoms with Gasteiger partial charge < -0.3 is 10.1 Å². The van der Waals surface area contributed by atoms with Crippen LogP contribution in [0.25, 0.3) is 0 Å². The molecule has 1 aliphatic rings. The fourth-order valence-electron chi connectivity index (χ4n) is 3.41. The SMILES string of the molecule is COc1ccc(N[C@H](c2ccc(C#N)cc2)C2CCCCC2=O)cc1. The first kappa shape index (κ1) is 17.0. The number of ketones is 1. The first-order valence-corrected chi connectivity index (χ1v) is 8.64. The van der Waals surface area contributed by atoms with E-state index in [0.29, 0.717) is 17.8 Å². The lowest BCUT2D eigenvalue weighted by Crippen LogP contribution is -2.30. The summed E-state index contributed by atoms with van der Waals surface area (Å²) in [5, 5.41) is 12.5. The molecule has 2 aromatic carbocycles. The van der Waals surface area contributed by atoms with Crippen molar-refractivity contribution in [3.05, 3.63) is 59.7 Å². The standard InChI is InChI=1S/C21H22N2O2/c1-25-18-12-10-17(11-13-18)23-21(19-4-2-3-5-20(19)24)16-8-6-15(14-22)7-9-16/h6-13,19,21,23H,2-5H2,1H3/t19?,21-/m1/s1. The van der Waals surface area contributed by atoms with Crippen molar-refractivity contribution in [2.24, 2.45) is 5.92 Å². The number of nitrogens with zero attached hydrogens (tertiary/aromatic N) is 1. The number of rotatable bonds is 5. The Morgan fingerprint density at radius 2 is 1.84 bits per heavy atom. The van der Waals surface area contributed by atoms with Crippen LogP contribution in [0.4, 0.5) is 5.69 Å². The molecule has 1 aliphatic carbocycles. The van der Waals surface area contributed by atoms with Crippen LogP contribution < -0.4 is 10.1 Å². The van der Waals surface area contributed by atoms with E-state index in [9.17, 15) is 4.79 Å². The van der Waals surface area contributed by atoms with E-state index in [1.165, 1.54) is 0 Å². The van der Waals surface area contributed by atoms with Gasteiger partial charge in [-0.05, 0) is 54.8 Å². The van der Waals surface area contributed by atoms with Gasteiger partial charge in [0.1, 0.15) is 11.5 Å². The maximum Gasteiger partial charge on any atom is 0.138 e. The van der Waals surface area contributed by atoms with Crippen LogP contribution >= 0.6 is 0 Å². The number of anilines is 1. The Bertz CT molecular complexity index is 760. The monoisotopic (exact) mass is 334 g/mol. The van der Waals surface area contributed by atoms with E-state index in [1.807, 2.05) is 48.5 Å². The van der Waals surface area contributed by atoms with E-state index in [4.69, 9.17) is 10.00 Å². The maximum absolute atomic E-state index is 12.5. The minimum Gasteiger partial charge on any atom is -0.497 e. The van der Waals surface area contributed by atoms with Gasteiger partial charge in [-0.2, -0.15) is 5.26 Å². The minimum atomic E-state index is -0.0889. The van der Waals surface area contributed by atoms with Gasteiger partial charge in [0, 0.05) is 18.0 Å². The van der Waals surface area contributed by atoms with E-state index in [0.717, 1.165) is 36.3 Å². The molecule has 25 heavy (non-hydrogen) atoms. The predicted octanol–water partition coefficient (Wildman–Crippen LogP) is 4.48. The molecule has 0 bridgehead atoms. The average Bonchev–Trinajstić information content (AvgIpc) is 2.67. The van der Waals surface area contributed by atoms with Crippen molar-refractivity contribution < 1.29 is 9.53 Å². The van der Waals surface area contributed by atoms with Crippen molar-refractivity contribution in [3.8, 4) is 11.8 Å². The summed E-state index contributed by atoms with van der Waals surface area (Å²) in [4.78, 5) is 12.5. The lowest BCUT2D eigenvalue weighted by molar-refractivity contribution is -0.125. The van der Waals surface area contributed by atoms with Gasteiger partial charge >= 0.3 is 0 Å². The normalized spacial score (nSPS) is 18.2. The van der Waals surface area contributed by atoms with Gasteiger partial charge in [0.05, 0.1) is 24.8 Å².